The third-order valence-electron chi connectivity index (χ3n) is 8.05. The number of nitrogens with zero attached hydrogens (tertiary/aromatic N) is 4. The lowest BCUT2D eigenvalue weighted by Crippen LogP contribution is -2.58. The summed E-state index contributed by atoms with van der Waals surface area (Å²) >= 11 is 0. The molecule has 39 heavy (non-hydrogen) atoms. The van der Waals surface area contributed by atoms with Gasteiger partial charge in [0.1, 0.15) is 5.75 Å². The number of ether oxygens (including phenoxy) is 2. The van der Waals surface area contributed by atoms with E-state index in [1.165, 1.54) is 30.2 Å². The van der Waals surface area contributed by atoms with Crippen molar-refractivity contribution in [3.05, 3.63) is 54.9 Å². The van der Waals surface area contributed by atoms with E-state index in [2.05, 4.69) is 45.3 Å². The van der Waals surface area contributed by atoms with Crippen LogP contribution in [0.5, 0.6) is 5.75 Å². The zero-order valence-corrected chi connectivity index (χ0v) is 22.2. The van der Waals surface area contributed by atoms with Crippen LogP contribution < -0.4 is 26.4 Å². The van der Waals surface area contributed by atoms with E-state index >= 15 is 0 Å². The number of aromatic nitrogens is 3. The number of hydrogen-bond acceptors (Lipinski definition) is 8. The van der Waals surface area contributed by atoms with Crippen LogP contribution in [-0.2, 0) is 10.3 Å². The highest BCUT2D eigenvalue weighted by Gasteiger charge is 2.58. The lowest BCUT2D eigenvalue weighted by atomic mass is 9.49. The average molecular weight is 528 g/mol. The number of amides is 1. The Balaban J connectivity index is 1.25. The fourth-order valence-corrected chi connectivity index (χ4v) is 5.97. The highest BCUT2D eigenvalue weighted by atomic mass is 16.5. The predicted octanol–water partition coefficient (Wildman–Crippen LogP) is 4.86. The molecule has 2 heterocycles. The van der Waals surface area contributed by atoms with Crippen LogP contribution in [0.2, 0.25) is 0 Å². The summed E-state index contributed by atoms with van der Waals surface area (Å²) in [5, 5.41) is 4.49. The Hall–Kier alpha value is -4.47. The second kappa shape index (κ2) is 9.68. The van der Waals surface area contributed by atoms with Gasteiger partial charge >= 0.3 is 6.09 Å². The lowest BCUT2D eigenvalue weighted by molar-refractivity contribution is -0.0854. The molecule has 3 aliphatic rings. The second-order valence-electron chi connectivity index (χ2n) is 10.6. The summed E-state index contributed by atoms with van der Waals surface area (Å²) in [6.07, 6.45) is 7.69. The number of benzene rings is 2. The summed E-state index contributed by atoms with van der Waals surface area (Å²) in [5.41, 5.74) is 17.0. The molecule has 1 amide bonds. The Labute approximate surface area is 226 Å². The third-order valence-corrected chi connectivity index (χ3v) is 8.05. The third kappa shape index (κ3) is 4.45. The molecule has 3 aliphatic carbocycles. The minimum Gasteiger partial charge on any atom is -0.494 e. The van der Waals surface area contributed by atoms with Gasteiger partial charge in [-0.2, -0.15) is 0 Å². The topological polar surface area (TPSA) is 134 Å². The van der Waals surface area contributed by atoms with Gasteiger partial charge in [0.15, 0.2) is 0 Å². The van der Waals surface area contributed by atoms with E-state index in [1.807, 2.05) is 30.1 Å². The molecule has 0 unspecified atom stereocenters. The first-order valence-electron chi connectivity index (χ1n) is 13.2. The van der Waals surface area contributed by atoms with Gasteiger partial charge in [0.2, 0.25) is 5.95 Å². The Morgan fingerprint density at radius 2 is 2.03 bits per heavy atom. The second-order valence-corrected chi connectivity index (χ2v) is 10.6. The number of methoxy groups -OCH3 is 1. The van der Waals surface area contributed by atoms with E-state index in [0.29, 0.717) is 36.0 Å². The van der Waals surface area contributed by atoms with Crippen LogP contribution in [0.3, 0.4) is 0 Å². The molecule has 3 fully saturated rings. The van der Waals surface area contributed by atoms with Gasteiger partial charge in [-0.25, -0.2) is 14.8 Å². The van der Waals surface area contributed by atoms with Crippen LogP contribution in [0.25, 0.3) is 22.2 Å². The molecule has 0 spiro atoms. The van der Waals surface area contributed by atoms with Crippen LogP contribution in [0.15, 0.2) is 54.9 Å². The van der Waals surface area contributed by atoms with Gasteiger partial charge in [-0.1, -0.05) is 18.2 Å². The summed E-state index contributed by atoms with van der Waals surface area (Å²) in [5.74, 6) is 1.96. The maximum Gasteiger partial charge on any atom is 0.404 e. The zero-order valence-electron chi connectivity index (χ0n) is 22.2. The fraction of sp³-hybridized carbons (Fsp3) is 0.345. The van der Waals surface area contributed by atoms with Crippen molar-refractivity contribution in [2.45, 2.75) is 31.2 Å². The normalized spacial score (nSPS) is 19.2. The molecule has 0 atom stereocenters. The van der Waals surface area contributed by atoms with Crippen LogP contribution >= 0.6 is 0 Å². The molecule has 2 aromatic carbocycles. The number of nitrogens with one attached hydrogen (secondary N) is 1. The standard InChI is InChI=1S/C29H33N7O3/c1-35(10-5-11-39-27(31)37)25-13-26(38-2)23(12-21(25)30)34-28-32-9-8-22(33-28)20-17-36(29-14-18(15-29)16-29)24-7-4-3-6-19(20)24/h3-4,6-9,12-13,17-18H,5,10-11,14-16,30H2,1-2H3,(H2,31,37)(H,32,33,34). The molecule has 5 N–H and O–H groups in total. The minimum absolute atomic E-state index is 0.240. The van der Waals surface area contributed by atoms with Gasteiger partial charge in [0.25, 0.3) is 0 Å². The maximum absolute atomic E-state index is 10.8. The van der Waals surface area contributed by atoms with Gasteiger partial charge in [-0.05, 0) is 49.8 Å². The summed E-state index contributed by atoms with van der Waals surface area (Å²) < 4.78 is 13.0. The zero-order chi connectivity index (χ0) is 27.1. The number of nitrogen functional groups attached to an aromatic ring is 1. The Bertz CT molecular complexity index is 1530. The quantitative estimate of drug-likeness (QED) is 0.197. The van der Waals surface area contributed by atoms with Crippen molar-refractivity contribution < 1.29 is 14.3 Å². The summed E-state index contributed by atoms with van der Waals surface area (Å²) in [6, 6.07) is 14.2. The minimum atomic E-state index is -0.777. The summed E-state index contributed by atoms with van der Waals surface area (Å²) in [6.45, 7) is 0.859. The smallest absolute Gasteiger partial charge is 0.404 e. The molecule has 3 saturated carbocycles. The number of anilines is 4. The van der Waals surface area contributed by atoms with Crippen LogP contribution in [0, 0.1) is 5.92 Å². The van der Waals surface area contributed by atoms with Gasteiger partial charge in [0, 0.05) is 54.1 Å². The number of rotatable bonds is 10. The van der Waals surface area contributed by atoms with Crippen molar-refractivity contribution in [3.63, 3.8) is 0 Å². The van der Waals surface area contributed by atoms with E-state index in [9.17, 15) is 4.79 Å². The molecule has 10 nitrogen and oxygen atoms in total. The molecule has 10 heteroatoms. The largest absolute Gasteiger partial charge is 0.494 e. The molecular formula is C29H33N7O3. The van der Waals surface area contributed by atoms with Crippen LogP contribution in [0.1, 0.15) is 25.7 Å². The molecule has 4 aromatic rings. The first kappa shape index (κ1) is 24.8. The molecule has 0 saturated heterocycles. The van der Waals surface area contributed by atoms with E-state index < -0.39 is 6.09 Å². The van der Waals surface area contributed by atoms with E-state index in [0.717, 1.165) is 22.9 Å². The number of primary amides is 1. The molecule has 202 valence electrons. The highest BCUT2D eigenvalue weighted by Crippen LogP contribution is 2.63. The Kier molecular flexibility index (Phi) is 6.17. The number of carbonyl (C=O) groups excluding carboxylic acids is 1. The van der Waals surface area contributed by atoms with Gasteiger partial charge < -0.3 is 35.7 Å². The fourth-order valence-electron chi connectivity index (χ4n) is 5.97. The van der Waals surface area contributed by atoms with Crippen molar-refractivity contribution in [1.29, 1.82) is 0 Å². The Morgan fingerprint density at radius 1 is 1.23 bits per heavy atom. The SMILES string of the molecule is COc1cc(N(C)CCCOC(N)=O)c(N)cc1Nc1nccc(-c2cn(C34CC(C3)C4)c3ccccc23)n1. The van der Waals surface area contributed by atoms with Crippen molar-refractivity contribution in [2.24, 2.45) is 11.7 Å². The number of nitrogens with two attached hydrogens (primary N) is 2. The highest BCUT2D eigenvalue weighted by molar-refractivity contribution is 5.95. The summed E-state index contributed by atoms with van der Waals surface area (Å²) in [4.78, 5) is 22.1. The lowest BCUT2D eigenvalue weighted by Gasteiger charge is -2.62. The van der Waals surface area contributed by atoms with E-state index in [-0.39, 0.29) is 12.1 Å². The molecule has 0 aliphatic heterocycles. The van der Waals surface area contributed by atoms with Gasteiger partial charge in [-0.3, -0.25) is 0 Å². The molecule has 0 radical (unpaired) electrons. The van der Waals surface area contributed by atoms with Crippen LogP contribution in [-0.4, -0.2) is 47.9 Å². The molecule has 2 aromatic heterocycles. The number of para-hydroxylation sites is 1. The van der Waals surface area contributed by atoms with Crippen molar-refractivity contribution in [2.75, 3.05) is 43.3 Å². The van der Waals surface area contributed by atoms with Crippen molar-refractivity contribution >= 4 is 40.0 Å². The van der Waals surface area contributed by atoms with Crippen LogP contribution in [0.4, 0.5) is 27.8 Å². The van der Waals surface area contributed by atoms with E-state index in [1.54, 1.807) is 13.3 Å². The first-order valence-corrected chi connectivity index (χ1v) is 13.2. The van der Waals surface area contributed by atoms with Gasteiger partial charge in [-0.15, -0.1) is 0 Å². The average Bonchev–Trinajstić information content (AvgIpc) is 3.24. The predicted molar refractivity (Wildman–Crippen MR) is 152 cm³/mol. The Morgan fingerprint density at radius 3 is 2.74 bits per heavy atom. The number of carbonyl (C=O) groups is 1. The first-order chi connectivity index (χ1) is 18.9. The van der Waals surface area contributed by atoms with E-state index in [4.69, 9.17) is 25.9 Å². The van der Waals surface area contributed by atoms with Gasteiger partial charge in [0.05, 0.1) is 36.5 Å². The molecular weight excluding hydrogens is 494 g/mol. The van der Waals surface area contributed by atoms with Crippen molar-refractivity contribution in [1.82, 2.24) is 14.5 Å². The maximum atomic E-state index is 10.8. The molecule has 2 bridgehead atoms. The molecule has 7 rings (SSSR count). The monoisotopic (exact) mass is 527 g/mol. The number of hydrogen-bond donors (Lipinski definition) is 3. The summed E-state index contributed by atoms with van der Waals surface area (Å²) in [7, 11) is 3.52. The van der Waals surface area contributed by atoms with Crippen molar-refractivity contribution in [3.8, 4) is 17.0 Å². The number of fused-ring (bicyclic) bond motifs is 1.